The first-order valence-electron chi connectivity index (χ1n) is 8.33. The Morgan fingerprint density at radius 2 is 1.79 bits per heavy atom. The third-order valence-corrected chi connectivity index (χ3v) is 4.08. The molecule has 1 aromatic heterocycles. The molecular formula is C20H17ClN4O3. The Bertz CT molecular complexity index is 1030. The molecule has 0 fully saturated rings. The van der Waals surface area contributed by atoms with E-state index in [0.717, 1.165) is 0 Å². The minimum absolute atomic E-state index is 0.183. The standard InChI is InChI=1S/C20H17ClN4O3/c1-12-10-17(18(26)23-14-6-4-3-5-7-14)25-20(22-12)24-16-11-13(19(27)28-2)8-9-15(16)21/h3-11H,1-2H3,(H,23,26)(H,22,24,25). The fourth-order valence-corrected chi connectivity index (χ4v) is 2.61. The van der Waals surface area contributed by atoms with E-state index in [2.05, 4.69) is 20.6 Å². The van der Waals surface area contributed by atoms with Crippen LogP contribution in [0.1, 0.15) is 26.5 Å². The second-order valence-corrected chi connectivity index (χ2v) is 6.26. The number of anilines is 3. The molecule has 0 spiro atoms. The predicted molar refractivity (Wildman–Crippen MR) is 107 cm³/mol. The van der Waals surface area contributed by atoms with Gasteiger partial charge < -0.3 is 15.4 Å². The van der Waals surface area contributed by atoms with E-state index >= 15 is 0 Å². The summed E-state index contributed by atoms with van der Waals surface area (Å²) in [6.45, 7) is 1.75. The number of aryl methyl sites for hydroxylation is 1. The number of hydrogen-bond donors (Lipinski definition) is 2. The van der Waals surface area contributed by atoms with Crippen LogP contribution in [-0.2, 0) is 4.74 Å². The Hall–Kier alpha value is -3.45. The highest BCUT2D eigenvalue weighted by Crippen LogP contribution is 2.26. The van der Waals surface area contributed by atoms with Crippen LogP contribution in [0.4, 0.5) is 17.3 Å². The number of esters is 1. The van der Waals surface area contributed by atoms with Crippen LogP contribution in [0.25, 0.3) is 0 Å². The molecular weight excluding hydrogens is 380 g/mol. The van der Waals surface area contributed by atoms with E-state index in [1.165, 1.54) is 13.2 Å². The van der Waals surface area contributed by atoms with Gasteiger partial charge in [-0.1, -0.05) is 29.8 Å². The lowest BCUT2D eigenvalue weighted by Gasteiger charge is -2.11. The number of hydrogen-bond acceptors (Lipinski definition) is 6. The van der Waals surface area contributed by atoms with Crippen LogP contribution in [0.3, 0.4) is 0 Å². The van der Waals surface area contributed by atoms with Crippen molar-refractivity contribution in [1.82, 2.24) is 9.97 Å². The summed E-state index contributed by atoms with van der Waals surface area (Å²) in [5, 5.41) is 6.09. The molecule has 1 heterocycles. The van der Waals surface area contributed by atoms with E-state index in [-0.39, 0.29) is 17.5 Å². The van der Waals surface area contributed by atoms with Crippen molar-refractivity contribution in [3.8, 4) is 0 Å². The van der Waals surface area contributed by atoms with E-state index in [9.17, 15) is 9.59 Å². The maximum absolute atomic E-state index is 12.5. The molecule has 0 radical (unpaired) electrons. The van der Waals surface area contributed by atoms with Gasteiger partial charge in [0.25, 0.3) is 5.91 Å². The van der Waals surface area contributed by atoms with Crippen LogP contribution < -0.4 is 10.6 Å². The zero-order valence-corrected chi connectivity index (χ0v) is 15.9. The van der Waals surface area contributed by atoms with Crippen LogP contribution in [-0.4, -0.2) is 29.0 Å². The third-order valence-electron chi connectivity index (χ3n) is 3.75. The number of nitrogens with zero attached hydrogens (tertiary/aromatic N) is 2. The number of halogens is 1. The number of nitrogens with one attached hydrogen (secondary N) is 2. The molecule has 0 saturated carbocycles. The van der Waals surface area contributed by atoms with Crippen molar-refractivity contribution < 1.29 is 14.3 Å². The van der Waals surface area contributed by atoms with Crippen molar-refractivity contribution in [2.45, 2.75) is 6.92 Å². The van der Waals surface area contributed by atoms with Gasteiger partial charge in [0.05, 0.1) is 23.4 Å². The van der Waals surface area contributed by atoms with Crippen LogP contribution in [0, 0.1) is 6.92 Å². The lowest BCUT2D eigenvalue weighted by molar-refractivity contribution is 0.0600. The lowest BCUT2D eigenvalue weighted by atomic mass is 10.2. The van der Waals surface area contributed by atoms with Crippen LogP contribution in [0.2, 0.25) is 5.02 Å². The Morgan fingerprint density at radius 1 is 1.04 bits per heavy atom. The highest BCUT2D eigenvalue weighted by Gasteiger charge is 2.14. The molecule has 0 aliphatic carbocycles. The largest absolute Gasteiger partial charge is 0.465 e. The molecule has 0 unspecified atom stereocenters. The number of carbonyl (C=O) groups is 2. The Balaban J connectivity index is 1.86. The topological polar surface area (TPSA) is 93.2 Å². The highest BCUT2D eigenvalue weighted by molar-refractivity contribution is 6.33. The summed E-state index contributed by atoms with van der Waals surface area (Å²) in [6.07, 6.45) is 0. The van der Waals surface area contributed by atoms with Gasteiger partial charge in [-0.25, -0.2) is 14.8 Å². The summed E-state index contributed by atoms with van der Waals surface area (Å²) < 4.78 is 4.71. The number of carbonyl (C=O) groups excluding carboxylic acids is 2. The van der Waals surface area contributed by atoms with Gasteiger partial charge in [-0.3, -0.25) is 4.79 Å². The Labute approximate surface area is 166 Å². The van der Waals surface area contributed by atoms with E-state index in [1.807, 2.05) is 18.2 Å². The monoisotopic (exact) mass is 396 g/mol. The van der Waals surface area contributed by atoms with Gasteiger partial charge in [0, 0.05) is 11.4 Å². The molecule has 0 saturated heterocycles. The van der Waals surface area contributed by atoms with Gasteiger partial charge in [-0.2, -0.15) is 0 Å². The number of para-hydroxylation sites is 1. The smallest absolute Gasteiger partial charge is 0.337 e. The second kappa shape index (κ2) is 8.49. The second-order valence-electron chi connectivity index (χ2n) is 5.85. The minimum Gasteiger partial charge on any atom is -0.465 e. The number of amides is 1. The Kier molecular flexibility index (Phi) is 5.86. The molecule has 142 valence electrons. The van der Waals surface area contributed by atoms with Crippen molar-refractivity contribution in [2.75, 3.05) is 17.7 Å². The molecule has 0 atom stereocenters. The van der Waals surface area contributed by atoms with E-state index < -0.39 is 5.97 Å². The molecule has 2 N–H and O–H groups in total. The van der Waals surface area contributed by atoms with Gasteiger partial charge in [-0.05, 0) is 43.3 Å². The van der Waals surface area contributed by atoms with Crippen molar-refractivity contribution >= 4 is 40.8 Å². The van der Waals surface area contributed by atoms with Gasteiger partial charge in [0.2, 0.25) is 5.95 Å². The molecule has 3 rings (SSSR count). The number of rotatable bonds is 5. The normalized spacial score (nSPS) is 10.2. The third kappa shape index (κ3) is 4.63. The summed E-state index contributed by atoms with van der Waals surface area (Å²) >= 11 is 6.19. The van der Waals surface area contributed by atoms with Gasteiger partial charge in [-0.15, -0.1) is 0 Å². The van der Waals surface area contributed by atoms with Gasteiger partial charge in [0.1, 0.15) is 5.69 Å². The molecule has 0 aliphatic heterocycles. The average molecular weight is 397 g/mol. The fourth-order valence-electron chi connectivity index (χ4n) is 2.44. The summed E-state index contributed by atoms with van der Waals surface area (Å²) in [6, 6.07) is 15.3. The molecule has 8 heteroatoms. The van der Waals surface area contributed by atoms with Gasteiger partial charge >= 0.3 is 5.97 Å². The molecule has 3 aromatic rings. The number of benzene rings is 2. The van der Waals surface area contributed by atoms with E-state index in [4.69, 9.17) is 16.3 Å². The van der Waals surface area contributed by atoms with E-state index in [0.29, 0.717) is 27.7 Å². The van der Waals surface area contributed by atoms with Gasteiger partial charge in [0.15, 0.2) is 0 Å². The van der Waals surface area contributed by atoms with Crippen LogP contribution in [0.5, 0.6) is 0 Å². The first-order valence-corrected chi connectivity index (χ1v) is 8.71. The number of methoxy groups -OCH3 is 1. The first kappa shape index (κ1) is 19.3. The van der Waals surface area contributed by atoms with Crippen molar-refractivity contribution in [3.63, 3.8) is 0 Å². The summed E-state index contributed by atoms with van der Waals surface area (Å²) in [5.74, 6) is -0.677. The predicted octanol–water partition coefficient (Wildman–Crippen LogP) is 4.22. The van der Waals surface area contributed by atoms with E-state index in [1.54, 1.807) is 37.3 Å². The molecule has 0 bridgehead atoms. The van der Waals surface area contributed by atoms with Crippen molar-refractivity contribution in [3.05, 3.63) is 76.6 Å². The summed E-state index contributed by atoms with van der Waals surface area (Å²) in [4.78, 5) is 32.8. The summed E-state index contributed by atoms with van der Waals surface area (Å²) in [5.41, 5.74) is 2.19. The number of aromatic nitrogens is 2. The highest BCUT2D eigenvalue weighted by atomic mass is 35.5. The van der Waals surface area contributed by atoms with Crippen molar-refractivity contribution in [2.24, 2.45) is 0 Å². The SMILES string of the molecule is COC(=O)c1ccc(Cl)c(Nc2nc(C)cc(C(=O)Nc3ccccc3)n2)c1. The Morgan fingerprint density at radius 3 is 2.50 bits per heavy atom. The maximum Gasteiger partial charge on any atom is 0.337 e. The average Bonchev–Trinajstić information content (AvgIpc) is 2.69. The molecule has 2 aromatic carbocycles. The molecule has 28 heavy (non-hydrogen) atoms. The van der Waals surface area contributed by atoms with Crippen LogP contribution >= 0.6 is 11.6 Å². The molecule has 1 amide bonds. The first-order chi connectivity index (χ1) is 13.5. The lowest BCUT2D eigenvalue weighted by Crippen LogP contribution is -2.15. The zero-order chi connectivity index (χ0) is 20.1. The minimum atomic E-state index is -0.493. The molecule has 7 nitrogen and oxygen atoms in total. The fraction of sp³-hybridized carbons (Fsp3) is 0.100. The molecule has 0 aliphatic rings. The maximum atomic E-state index is 12.5. The van der Waals surface area contributed by atoms with Crippen LogP contribution in [0.15, 0.2) is 54.6 Å². The summed E-state index contributed by atoms with van der Waals surface area (Å²) in [7, 11) is 1.30. The van der Waals surface area contributed by atoms with Crippen molar-refractivity contribution in [1.29, 1.82) is 0 Å². The number of ether oxygens (including phenoxy) is 1. The zero-order valence-electron chi connectivity index (χ0n) is 15.2. The quantitative estimate of drug-likeness (QED) is 0.627.